The van der Waals surface area contributed by atoms with Crippen LogP contribution >= 0.6 is 15.9 Å². The molecule has 0 unspecified atom stereocenters. The Morgan fingerprint density at radius 3 is 2.94 bits per heavy atom. The average molecular weight is 282 g/mol. The predicted octanol–water partition coefficient (Wildman–Crippen LogP) is 2.46. The molecule has 0 saturated heterocycles. The van der Waals surface area contributed by atoms with Crippen LogP contribution in [-0.4, -0.2) is 22.7 Å². The Morgan fingerprint density at radius 1 is 1.38 bits per heavy atom. The number of rotatable bonds is 3. The van der Waals surface area contributed by atoms with Crippen molar-refractivity contribution in [1.29, 1.82) is 0 Å². The Morgan fingerprint density at radius 2 is 2.19 bits per heavy atom. The van der Waals surface area contributed by atoms with Gasteiger partial charge in [-0.1, -0.05) is 15.9 Å². The summed E-state index contributed by atoms with van der Waals surface area (Å²) in [6.07, 6.45) is 0. The van der Waals surface area contributed by atoms with Crippen LogP contribution in [0.1, 0.15) is 0 Å². The third kappa shape index (κ3) is 2.49. The minimum Gasteiger partial charge on any atom is -0.479 e. The lowest BCUT2D eigenvalue weighted by Gasteiger charge is -2.03. The number of hydrogen-bond acceptors (Lipinski definition) is 3. The molecule has 0 bridgehead atoms. The normalized spacial score (nSPS) is 10.3. The Labute approximate surface area is 100.0 Å². The van der Waals surface area contributed by atoms with Crippen LogP contribution in [0.25, 0.3) is 10.9 Å². The van der Waals surface area contributed by atoms with Crippen molar-refractivity contribution in [3.05, 3.63) is 34.8 Å². The summed E-state index contributed by atoms with van der Waals surface area (Å²) in [5.74, 6) is -0.699. The standard InChI is InChI=1S/C11H8BrNO3/c12-8-2-3-9-7(5-8)1-4-10(13-9)16-6-11(14)15/h1-5H,6H2,(H,14,15). The largest absolute Gasteiger partial charge is 0.479 e. The zero-order valence-corrected chi connectivity index (χ0v) is 9.77. The first-order valence-corrected chi connectivity index (χ1v) is 5.35. The molecule has 0 aliphatic heterocycles. The third-order valence-electron chi connectivity index (χ3n) is 1.97. The van der Waals surface area contributed by atoms with E-state index in [0.717, 1.165) is 15.4 Å². The molecule has 0 aliphatic carbocycles. The van der Waals surface area contributed by atoms with E-state index in [1.54, 1.807) is 6.07 Å². The van der Waals surface area contributed by atoms with Crippen LogP contribution in [0.3, 0.4) is 0 Å². The number of aliphatic carboxylic acids is 1. The van der Waals surface area contributed by atoms with Crippen molar-refractivity contribution in [3.63, 3.8) is 0 Å². The van der Waals surface area contributed by atoms with Gasteiger partial charge in [-0.2, -0.15) is 0 Å². The summed E-state index contributed by atoms with van der Waals surface area (Å²) in [6.45, 7) is -0.380. The molecule has 0 amide bonds. The van der Waals surface area contributed by atoms with Crippen LogP contribution in [0.4, 0.5) is 0 Å². The highest BCUT2D eigenvalue weighted by atomic mass is 79.9. The van der Waals surface area contributed by atoms with Crippen molar-refractivity contribution in [1.82, 2.24) is 4.98 Å². The van der Waals surface area contributed by atoms with Crippen LogP contribution in [-0.2, 0) is 4.79 Å². The molecule has 1 aromatic carbocycles. The number of ether oxygens (including phenoxy) is 1. The number of nitrogens with zero attached hydrogens (tertiary/aromatic N) is 1. The minimum atomic E-state index is -1.02. The van der Waals surface area contributed by atoms with Gasteiger partial charge in [0.05, 0.1) is 5.52 Å². The van der Waals surface area contributed by atoms with Gasteiger partial charge >= 0.3 is 5.97 Å². The Bertz CT molecular complexity index is 542. The van der Waals surface area contributed by atoms with E-state index in [1.165, 1.54) is 0 Å². The molecule has 0 saturated carbocycles. The molecule has 4 nitrogen and oxygen atoms in total. The van der Waals surface area contributed by atoms with E-state index in [-0.39, 0.29) is 6.61 Å². The zero-order valence-electron chi connectivity index (χ0n) is 8.18. The quantitative estimate of drug-likeness (QED) is 0.939. The monoisotopic (exact) mass is 281 g/mol. The van der Waals surface area contributed by atoms with Crippen LogP contribution in [0, 0.1) is 0 Å². The first-order valence-electron chi connectivity index (χ1n) is 4.56. The molecule has 0 spiro atoms. The fraction of sp³-hybridized carbons (Fsp3) is 0.0909. The van der Waals surface area contributed by atoms with Gasteiger partial charge in [-0.05, 0) is 24.3 Å². The number of carboxylic acid groups (broad SMARTS) is 1. The van der Waals surface area contributed by atoms with Crippen molar-refractivity contribution in [3.8, 4) is 5.88 Å². The number of carboxylic acids is 1. The topological polar surface area (TPSA) is 59.4 Å². The molecule has 1 N–H and O–H groups in total. The third-order valence-corrected chi connectivity index (χ3v) is 2.46. The van der Waals surface area contributed by atoms with E-state index in [1.807, 2.05) is 24.3 Å². The predicted molar refractivity (Wildman–Crippen MR) is 62.6 cm³/mol. The number of fused-ring (bicyclic) bond motifs is 1. The van der Waals surface area contributed by atoms with Crippen LogP contribution in [0.2, 0.25) is 0 Å². The SMILES string of the molecule is O=C(O)COc1ccc2cc(Br)ccc2n1. The van der Waals surface area contributed by atoms with Crippen molar-refractivity contribution in [2.75, 3.05) is 6.61 Å². The molecule has 1 aromatic heterocycles. The van der Waals surface area contributed by atoms with E-state index in [2.05, 4.69) is 20.9 Å². The second kappa shape index (κ2) is 4.49. The van der Waals surface area contributed by atoms with E-state index < -0.39 is 5.97 Å². The van der Waals surface area contributed by atoms with Gasteiger partial charge in [0.1, 0.15) is 0 Å². The van der Waals surface area contributed by atoms with Gasteiger partial charge in [0.15, 0.2) is 6.61 Å². The molecule has 5 heteroatoms. The van der Waals surface area contributed by atoms with Gasteiger partial charge in [0, 0.05) is 15.9 Å². The lowest BCUT2D eigenvalue weighted by Crippen LogP contribution is -2.10. The molecule has 0 fully saturated rings. The van der Waals surface area contributed by atoms with Gasteiger partial charge in [-0.15, -0.1) is 0 Å². The van der Waals surface area contributed by atoms with Gasteiger partial charge in [-0.3, -0.25) is 0 Å². The molecule has 2 rings (SSSR count). The number of halogens is 1. The van der Waals surface area contributed by atoms with Crippen molar-refractivity contribution in [2.24, 2.45) is 0 Å². The Kier molecular flexibility index (Phi) is 3.05. The summed E-state index contributed by atoms with van der Waals surface area (Å²) in [6, 6.07) is 9.13. The Balaban J connectivity index is 2.30. The number of benzene rings is 1. The Hall–Kier alpha value is -1.62. The van der Waals surface area contributed by atoms with E-state index in [9.17, 15) is 4.79 Å². The molecule has 0 aliphatic rings. The summed E-state index contributed by atoms with van der Waals surface area (Å²) >= 11 is 3.36. The lowest BCUT2D eigenvalue weighted by molar-refractivity contribution is -0.139. The molecule has 0 atom stereocenters. The van der Waals surface area contributed by atoms with Gasteiger partial charge in [-0.25, -0.2) is 9.78 Å². The van der Waals surface area contributed by atoms with E-state index in [4.69, 9.17) is 9.84 Å². The second-order valence-corrected chi connectivity index (χ2v) is 4.08. The number of carbonyl (C=O) groups is 1. The highest BCUT2D eigenvalue weighted by Crippen LogP contribution is 2.20. The maximum atomic E-state index is 10.3. The van der Waals surface area contributed by atoms with Crippen molar-refractivity contribution in [2.45, 2.75) is 0 Å². The zero-order chi connectivity index (χ0) is 11.5. The maximum Gasteiger partial charge on any atom is 0.341 e. The summed E-state index contributed by atoms with van der Waals surface area (Å²) in [7, 11) is 0. The average Bonchev–Trinajstić information content (AvgIpc) is 2.26. The molecule has 16 heavy (non-hydrogen) atoms. The van der Waals surface area contributed by atoms with Gasteiger partial charge in [0.2, 0.25) is 5.88 Å². The van der Waals surface area contributed by atoms with E-state index in [0.29, 0.717) is 5.88 Å². The smallest absolute Gasteiger partial charge is 0.341 e. The molecule has 82 valence electrons. The molecular formula is C11H8BrNO3. The number of aromatic nitrogens is 1. The molecule has 2 aromatic rings. The van der Waals surface area contributed by atoms with Crippen LogP contribution < -0.4 is 4.74 Å². The van der Waals surface area contributed by atoms with Gasteiger partial charge < -0.3 is 9.84 Å². The highest BCUT2D eigenvalue weighted by Gasteiger charge is 2.02. The second-order valence-electron chi connectivity index (χ2n) is 3.17. The molecule has 0 radical (unpaired) electrons. The van der Waals surface area contributed by atoms with E-state index >= 15 is 0 Å². The maximum absolute atomic E-state index is 10.3. The van der Waals surface area contributed by atoms with Gasteiger partial charge in [0.25, 0.3) is 0 Å². The minimum absolute atomic E-state index is 0.317. The molecular weight excluding hydrogens is 274 g/mol. The van der Waals surface area contributed by atoms with Crippen LogP contribution in [0.5, 0.6) is 5.88 Å². The fourth-order valence-corrected chi connectivity index (χ4v) is 1.67. The number of pyridine rings is 1. The van der Waals surface area contributed by atoms with Crippen LogP contribution in [0.15, 0.2) is 34.8 Å². The molecule has 1 heterocycles. The number of hydrogen-bond donors (Lipinski definition) is 1. The summed E-state index contributed by atoms with van der Waals surface area (Å²) in [5, 5.41) is 9.43. The van der Waals surface area contributed by atoms with Crippen molar-refractivity contribution < 1.29 is 14.6 Å². The highest BCUT2D eigenvalue weighted by molar-refractivity contribution is 9.10. The lowest BCUT2D eigenvalue weighted by atomic mass is 10.2. The fourth-order valence-electron chi connectivity index (χ4n) is 1.29. The summed E-state index contributed by atoms with van der Waals surface area (Å²) < 4.78 is 5.96. The summed E-state index contributed by atoms with van der Waals surface area (Å²) in [5.41, 5.74) is 0.770. The summed E-state index contributed by atoms with van der Waals surface area (Å²) in [4.78, 5) is 14.5. The first-order chi connectivity index (χ1) is 7.65. The first kappa shape index (κ1) is 10.9. The van der Waals surface area contributed by atoms with Crippen molar-refractivity contribution >= 4 is 32.8 Å².